The average molecular weight is 332 g/mol. The van der Waals surface area contributed by atoms with E-state index in [2.05, 4.69) is 11.6 Å². The van der Waals surface area contributed by atoms with Crippen LogP contribution in [-0.2, 0) is 10.0 Å². The third-order valence-corrected chi connectivity index (χ3v) is 5.65. The van der Waals surface area contributed by atoms with Crippen LogP contribution in [0.25, 0.3) is 0 Å². The van der Waals surface area contributed by atoms with E-state index in [1.165, 1.54) is 36.6 Å². The summed E-state index contributed by atoms with van der Waals surface area (Å²) < 4.78 is 25.4. The van der Waals surface area contributed by atoms with Gasteiger partial charge in [0.1, 0.15) is 0 Å². The van der Waals surface area contributed by atoms with Crippen LogP contribution in [0.1, 0.15) is 19.3 Å². The van der Waals surface area contributed by atoms with Gasteiger partial charge in [-0.15, -0.1) is 0 Å². The number of nitrogen functional groups attached to an aromatic ring is 1. The molecular formula is C14H25N3O2S2. The van der Waals surface area contributed by atoms with Crippen LogP contribution in [0.4, 0.5) is 11.4 Å². The number of hydrogen-bond donors (Lipinski definition) is 2. The number of rotatable bonds is 9. The zero-order valence-corrected chi connectivity index (χ0v) is 14.6. The van der Waals surface area contributed by atoms with Gasteiger partial charge in [-0.2, -0.15) is 11.8 Å². The maximum Gasteiger partial charge on any atom is 0.242 e. The predicted octanol–water partition coefficient (Wildman–Crippen LogP) is 2.46. The molecule has 0 aliphatic heterocycles. The molecule has 1 rings (SSSR count). The molecule has 0 atom stereocenters. The monoisotopic (exact) mass is 331 g/mol. The topological polar surface area (TPSA) is 75.4 Å². The molecule has 120 valence electrons. The second kappa shape index (κ2) is 8.51. The van der Waals surface area contributed by atoms with Crippen LogP contribution in [0.3, 0.4) is 0 Å². The molecule has 0 aromatic heterocycles. The van der Waals surface area contributed by atoms with Crippen LogP contribution in [0.15, 0.2) is 23.1 Å². The van der Waals surface area contributed by atoms with Crippen molar-refractivity contribution in [3.05, 3.63) is 18.2 Å². The highest BCUT2D eigenvalue weighted by molar-refractivity contribution is 7.98. The Morgan fingerprint density at radius 3 is 2.57 bits per heavy atom. The molecule has 21 heavy (non-hydrogen) atoms. The van der Waals surface area contributed by atoms with Gasteiger partial charge in [0.15, 0.2) is 0 Å². The fourth-order valence-electron chi connectivity index (χ4n) is 1.83. The maximum atomic E-state index is 12.1. The molecule has 3 N–H and O–H groups in total. The number of thioether (sulfide) groups is 1. The number of sulfonamides is 1. The van der Waals surface area contributed by atoms with Crippen LogP contribution in [-0.4, -0.2) is 45.4 Å². The molecule has 0 fully saturated rings. The Morgan fingerprint density at radius 2 is 1.95 bits per heavy atom. The lowest BCUT2D eigenvalue weighted by Crippen LogP contribution is -2.22. The first-order chi connectivity index (χ1) is 9.89. The summed E-state index contributed by atoms with van der Waals surface area (Å²) in [7, 11) is -0.387. The Hall–Kier alpha value is -0.920. The van der Waals surface area contributed by atoms with E-state index in [0.29, 0.717) is 11.4 Å². The van der Waals surface area contributed by atoms with Crippen molar-refractivity contribution in [1.82, 2.24) is 4.31 Å². The van der Waals surface area contributed by atoms with E-state index < -0.39 is 10.0 Å². The van der Waals surface area contributed by atoms with Crippen LogP contribution in [0, 0.1) is 0 Å². The van der Waals surface area contributed by atoms with Gasteiger partial charge in [0.25, 0.3) is 0 Å². The molecule has 7 heteroatoms. The molecular weight excluding hydrogens is 306 g/mol. The van der Waals surface area contributed by atoms with Crippen molar-refractivity contribution in [2.24, 2.45) is 0 Å². The van der Waals surface area contributed by atoms with Crippen LogP contribution >= 0.6 is 11.8 Å². The molecule has 0 heterocycles. The molecule has 0 unspecified atom stereocenters. The zero-order chi connectivity index (χ0) is 15.9. The summed E-state index contributed by atoms with van der Waals surface area (Å²) in [5.74, 6) is 1.18. The van der Waals surface area contributed by atoms with Gasteiger partial charge in [-0.3, -0.25) is 0 Å². The standard InChI is InChI=1S/C14H25N3O2S2/c1-17(2)21(18,19)12-7-8-13(15)14(11-12)16-9-5-4-6-10-20-3/h7-8,11,16H,4-6,9-10,15H2,1-3H3. The van der Waals surface area contributed by atoms with Crippen molar-refractivity contribution in [3.8, 4) is 0 Å². The molecule has 1 aromatic carbocycles. The largest absolute Gasteiger partial charge is 0.397 e. The summed E-state index contributed by atoms with van der Waals surface area (Å²) in [5, 5.41) is 3.23. The van der Waals surface area contributed by atoms with Crippen molar-refractivity contribution in [3.63, 3.8) is 0 Å². The van der Waals surface area contributed by atoms with Gasteiger partial charge in [0.2, 0.25) is 10.0 Å². The lowest BCUT2D eigenvalue weighted by molar-refractivity contribution is 0.521. The highest BCUT2D eigenvalue weighted by Gasteiger charge is 2.18. The van der Waals surface area contributed by atoms with Gasteiger partial charge in [-0.05, 0) is 43.0 Å². The van der Waals surface area contributed by atoms with Crippen LogP contribution in [0.2, 0.25) is 0 Å². The molecule has 0 aliphatic carbocycles. The molecule has 0 bridgehead atoms. The van der Waals surface area contributed by atoms with Gasteiger partial charge in [0.05, 0.1) is 16.3 Å². The van der Waals surface area contributed by atoms with E-state index in [-0.39, 0.29) is 4.90 Å². The molecule has 0 aliphatic rings. The van der Waals surface area contributed by atoms with Gasteiger partial charge in [-0.25, -0.2) is 12.7 Å². The van der Waals surface area contributed by atoms with Crippen molar-refractivity contribution in [2.45, 2.75) is 24.2 Å². The summed E-state index contributed by atoms with van der Waals surface area (Å²) in [4.78, 5) is 0.256. The maximum absolute atomic E-state index is 12.1. The number of nitrogens with two attached hydrogens (primary N) is 1. The van der Waals surface area contributed by atoms with E-state index in [9.17, 15) is 8.42 Å². The van der Waals surface area contributed by atoms with Crippen LogP contribution < -0.4 is 11.1 Å². The van der Waals surface area contributed by atoms with Gasteiger partial charge < -0.3 is 11.1 Å². The van der Waals surface area contributed by atoms with Crippen molar-refractivity contribution < 1.29 is 8.42 Å². The third-order valence-electron chi connectivity index (χ3n) is 3.14. The van der Waals surface area contributed by atoms with Crippen molar-refractivity contribution >= 4 is 33.2 Å². The first-order valence-electron chi connectivity index (χ1n) is 6.94. The number of benzene rings is 1. The van der Waals surface area contributed by atoms with Crippen molar-refractivity contribution in [2.75, 3.05) is 43.7 Å². The Kier molecular flexibility index (Phi) is 7.34. The first-order valence-corrected chi connectivity index (χ1v) is 9.78. The van der Waals surface area contributed by atoms with Crippen molar-refractivity contribution in [1.29, 1.82) is 0 Å². The number of unbranched alkanes of at least 4 members (excludes halogenated alkanes) is 2. The van der Waals surface area contributed by atoms with Gasteiger partial charge in [-0.1, -0.05) is 6.42 Å². The second-order valence-corrected chi connectivity index (χ2v) is 8.15. The molecule has 1 aromatic rings. The number of nitrogens with zero attached hydrogens (tertiary/aromatic N) is 1. The van der Waals surface area contributed by atoms with E-state index >= 15 is 0 Å². The minimum Gasteiger partial charge on any atom is -0.397 e. The highest BCUT2D eigenvalue weighted by Crippen LogP contribution is 2.24. The third kappa shape index (κ3) is 5.41. The minimum atomic E-state index is -3.42. The number of nitrogens with one attached hydrogen (secondary N) is 1. The minimum absolute atomic E-state index is 0.256. The summed E-state index contributed by atoms with van der Waals surface area (Å²) >= 11 is 1.85. The highest BCUT2D eigenvalue weighted by atomic mass is 32.2. The second-order valence-electron chi connectivity index (χ2n) is 5.02. The van der Waals surface area contributed by atoms with E-state index in [1.54, 1.807) is 12.1 Å². The van der Waals surface area contributed by atoms with E-state index in [0.717, 1.165) is 19.4 Å². The predicted molar refractivity (Wildman–Crippen MR) is 92.4 cm³/mol. The van der Waals surface area contributed by atoms with E-state index in [1.807, 2.05) is 11.8 Å². The fraction of sp³-hybridized carbons (Fsp3) is 0.571. The Morgan fingerprint density at radius 1 is 1.24 bits per heavy atom. The first kappa shape index (κ1) is 18.1. The summed E-state index contributed by atoms with van der Waals surface area (Å²) in [5.41, 5.74) is 7.15. The van der Waals surface area contributed by atoms with Gasteiger partial charge in [0, 0.05) is 20.6 Å². The lowest BCUT2D eigenvalue weighted by atomic mass is 10.2. The fourth-order valence-corrected chi connectivity index (χ4v) is 3.25. The number of anilines is 2. The lowest BCUT2D eigenvalue weighted by Gasteiger charge is -2.14. The summed E-state index contributed by atoms with van der Waals surface area (Å²) in [6, 6.07) is 4.77. The van der Waals surface area contributed by atoms with E-state index in [4.69, 9.17) is 5.73 Å². The molecule has 0 saturated carbocycles. The van der Waals surface area contributed by atoms with Gasteiger partial charge >= 0.3 is 0 Å². The van der Waals surface area contributed by atoms with Crippen LogP contribution in [0.5, 0.6) is 0 Å². The smallest absolute Gasteiger partial charge is 0.242 e. The molecule has 0 amide bonds. The molecule has 0 saturated heterocycles. The SMILES string of the molecule is CSCCCCCNc1cc(S(=O)(=O)N(C)C)ccc1N. The molecule has 5 nitrogen and oxygen atoms in total. The Labute approximate surface area is 132 Å². The summed E-state index contributed by atoms with van der Waals surface area (Å²) in [6.45, 7) is 0.796. The average Bonchev–Trinajstić information content (AvgIpc) is 2.44. The Balaban J connectivity index is 2.67. The molecule has 0 spiro atoms. The zero-order valence-electron chi connectivity index (χ0n) is 12.9. The molecule has 0 radical (unpaired) electrons. The normalized spacial score (nSPS) is 11.8. The number of hydrogen-bond acceptors (Lipinski definition) is 5. The quantitative estimate of drug-likeness (QED) is 0.537. The summed E-state index contributed by atoms with van der Waals surface area (Å²) in [6.07, 6.45) is 5.51. The Bertz CT molecular complexity index is 545.